The van der Waals surface area contributed by atoms with Crippen LogP contribution in [0.5, 0.6) is 0 Å². The average Bonchev–Trinajstić information content (AvgIpc) is 2.90. The van der Waals surface area contributed by atoms with Gasteiger partial charge in [-0.1, -0.05) is 30.3 Å². The highest BCUT2D eigenvalue weighted by molar-refractivity contribution is 7.90. The average molecular weight is 422 g/mol. The molecule has 2 aromatic rings. The Morgan fingerprint density at radius 3 is 2.14 bits per heavy atom. The van der Waals surface area contributed by atoms with Crippen molar-refractivity contribution in [2.45, 2.75) is 4.90 Å². The lowest BCUT2D eigenvalue weighted by atomic mass is 10.2. The van der Waals surface area contributed by atoms with Gasteiger partial charge in [0, 0.05) is 31.9 Å². The first-order valence-corrected chi connectivity index (χ1v) is 10.2. The van der Waals surface area contributed by atoms with Crippen LogP contribution in [0.25, 0.3) is 0 Å². The zero-order chi connectivity index (χ0) is 19.0. The summed E-state index contributed by atoms with van der Waals surface area (Å²) < 4.78 is 25.8. The van der Waals surface area contributed by atoms with Gasteiger partial charge < -0.3 is 9.80 Å². The van der Waals surface area contributed by atoms with Crippen molar-refractivity contribution in [1.82, 2.24) is 9.21 Å². The first kappa shape index (κ1) is 20.2. The summed E-state index contributed by atoms with van der Waals surface area (Å²) in [5, 5.41) is 0. The van der Waals surface area contributed by atoms with Gasteiger partial charge in [-0.3, -0.25) is 9.59 Å². The third-order valence-electron chi connectivity index (χ3n) is 4.94. The minimum absolute atomic E-state index is 0. The predicted octanol–water partition coefficient (Wildman–Crippen LogP) is 1.60. The molecule has 148 valence electrons. The normalized spacial score (nSPS) is 17.9. The molecule has 2 heterocycles. The number of rotatable bonds is 3. The number of hydrogen-bond donors (Lipinski definition) is 0. The topological polar surface area (TPSA) is 78.0 Å². The third-order valence-corrected chi connectivity index (χ3v) is 6.73. The highest BCUT2D eigenvalue weighted by Gasteiger charge is 2.42. The number of nitrogens with zero attached hydrogens (tertiary/aromatic N) is 3. The van der Waals surface area contributed by atoms with Crippen LogP contribution in [-0.4, -0.2) is 62.2 Å². The quantitative estimate of drug-likeness (QED) is 0.752. The number of halogens is 1. The van der Waals surface area contributed by atoms with E-state index in [9.17, 15) is 18.0 Å². The van der Waals surface area contributed by atoms with Crippen molar-refractivity contribution >= 4 is 39.9 Å². The molecule has 0 aliphatic carbocycles. The Bertz CT molecular complexity index is 989. The first-order valence-electron chi connectivity index (χ1n) is 8.72. The number of piperazine rings is 1. The van der Waals surface area contributed by atoms with Crippen molar-refractivity contribution in [1.29, 1.82) is 0 Å². The summed E-state index contributed by atoms with van der Waals surface area (Å²) in [7, 11) is -3.96. The van der Waals surface area contributed by atoms with E-state index >= 15 is 0 Å². The maximum atomic E-state index is 12.6. The number of anilines is 1. The van der Waals surface area contributed by atoms with Gasteiger partial charge in [0.25, 0.3) is 15.9 Å². The van der Waals surface area contributed by atoms with Gasteiger partial charge in [0.15, 0.2) is 0 Å². The number of sulfonamides is 1. The monoisotopic (exact) mass is 421 g/mol. The number of para-hydroxylation sites is 1. The van der Waals surface area contributed by atoms with Crippen LogP contribution in [-0.2, 0) is 14.8 Å². The minimum Gasteiger partial charge on any atom is -0.368 e. The molecule has 2 aliphatic rings. The van der Waals surface area contributed by atoms with Crippen molar-refractivity contribution in [2.75, 3.05) is 37.6 Å². The molecule has 4 rings (SSSR count). The molecule has 1 fully saturated rings. The van der Waals surface area contributed by atoms with Crippen molar-refractivity contribution < 1.29 is 18.0 Å². The van der Waals surface area contributed by atoms with Crippen LogP contribution in [0.1, 0.15) is 10.4 Å². The van der Waals surface area contributed by atoms with Gasteiger partial charge in [-0.25, -0.2) is 12.7 Å². The smallest absolute Gasteiger partial charge is 0.269 e. The zero-order valence-electron chi connectivity index (χ0n) is 15.0. The van der Waals surface area contributed by atoms with Crippen LogP contribution in [0.3, 0.4) is 0 Å². The van der Waals surface area contributed by atoms with E-state index in [1.54, 1.807) is 17.0 Å². The Balaban J connectivity index is 0.00000225. The van der Waals surface area contributed by atoms with E-state index in [0.29, 0.717) is 30.5 Å². The summed E-state index contributed by atoms with van der Waals surface area (Å²) in [6.45, 7) is 1.85. The number of amides is 2. The third kappa shape index (κ3) is 3.45. The molecule has 1 saturated heterocycles. The van der Waals surface area contributed by atoms with E-state index in [2.05, 4.69) is 4.90 Å². The van der Waals surface area contributed by atoms with Crippen LogP contribution < -0.4 is 4.90 Å². The van der Waals surface area contributed by atoms with Crippen LogP contribution in [0.15, 0.2) is 59.5 Å². The molecule has 0 unspecified atom stereocenters. The molecule has 0 atom stereocenters. The fourth-order valence-corrected chi connectivity index (χ4v) is 4.98. The highest BCUT2D eigenvalue weighted by Crippen LogP contribution is 2.29. The molecule has 0 N–H and O–H groups in total. The molecule has 28 heavy (non-hydrogen) atoms. The van der Waals surface area contributed by atoms with Gasteiger partial charge in [-0.05, 0) is 24.3 Å². The van der Waals surface area contributed by atoms with Gasteiger partial charge in [0.2, 0.25) is 5.91 Å². The summed E-state index contributed by atoms with van der Waals surface area (Å²) in [6, 6.07) is 16.0. The highest BCUT2D eigenvalue weighted by atomic mass is 35.5. The first-order chi connectivity index (χ1) is 13.0. The van der Waals surface area contributed by atoms with Crippen LogP contribution in [0, 0.1) is 0 Å². The zero-order valence-corrected chi connectivity index (χ0v) is 16.7. The second-order valence-electron chi connectivity index (χ2n) is 6.52. The Hall–Kier alpha value is -2.58. The van der Waals surface area contributed by atoms with E-state index < -0.39 is 22.5 Å². The van der Waals surface area contributed by atoms with E-state index in [1.807, 2.05) is 30.3 Å². The number of carbonyl (C=O) groups excluding carboxylic acids is 2. The van der Waals surface area contributed by atoms with Crippen LogP contribution in [0.2, 0.25) is 0 Å². The SMILES string of the molecule is Cl.O=C(CN1C(=O)c2ccccc2S1(=O)=O)N1CCN(c2ccccc2)CC1. The molecule has 0 radical (unpaired) electrons. The summed E-state index contributed by atoms with van der Waals surface area (Å²) in [4.78, 5) is 28.8. The summed E-state index contributed by atoms with van der Waals surface area (Å²) in [5.74, 6) is -0.991. The molecule has 0 bridgehead atoms. The fourth-order valence-electron chi connectivity index (χ4n) is 3.46. The summed E-state index contributed by atoms with van der Waals surface area (Å²) >= 11 is 0. The van der Waals surface area contributed by atoms with Crippen LogP contribution in [0.4, 0.5) is 5.69 Å². The molecule has 9 heteroatoms. The van der Waals surface area contributed by atoms with Gasteiger partial charge in [0.05, 0.1) is 5.56 Å². The second kappa shape index (κ2) is 7.81. The van der Waals surface area contributed by atoms with Gasteiger partial charge >= 0.3 is 0 Å². The molecule has 2 aromatic carbocycles. The number of hydrogen-bond acceptors (Lipinski definition) is 5. The van der Waals surface area contributed by atoms with Crippen molar-refractivity contribution in [3.05, 3.63) is 60.2 Å². The number of carbonyl (C=O) groups is 2. The maximum absolute atomic E-state index is 12.6. The molecular weight excluding hydrogens is 402 g/mol. The molecule has 2 amide bonds. The van der Waals surface area contributed by atoms with Crippen LogP contribution >= 0.6 is 12.4 Å². The standard InChI is InChI=1S/C19H19N3O4S.ClH/c23-18(21-12-10-20(11-13-21)15-6-2-1-3-7-15)14-22-19(24)16-8-4-5-9-17(16)27(22,25)26;/h1-9H,10-14H2;1H. The fraction of sp³-hybridized carbons (Fsp3) is 0.263. The minimum atomic E-state index is -3.96. The van der Waals surface area contributed by atoms with E-state index in [4.69, 9.17) is 0 Å². The van der Waals surface area contributed by atoms with Gasteiger partial charge in [-0.15, -0.1) is 12.4 Å². The van der Waals surface area contributed by atoms with Gasteiger partial charge in [0.1, 0.15) is 11.4 Å². The lowest BCUT2D eigenvalue weighted by molar-refractivity contribution is -0.131. The number of benzene rings is 2. The molecule has 0 aromatic heterocycles. The van der Waals surface area contributed by atoms with Crippen molar-refractivity contribution in [3.63, 3.8) is 0 Å². The van der Waals surface area contributed by atoms with Gasteiger partial charge in [-0.2, -0.15) is 0 Å². The largest absolute Gasteiger partial charge is 0.368 e. The molecule has 2 aliphatic heterocycles. The lowest BCUT2D eigenvalue weighted by Gasteiger charge is -2.36. The Morgan fingerprint density at radius 1 is 0.893 bits per heavy atom. The summed E-state index contributed by atoms with van der Waals surface area (Å²) in [5.41, 5.74) is 1.22. The maximum Gasteiger partial charge on any atom is 0.269 e. The van der Waals surface area contributed by atoms with E-state index in [-0.39, 0.29) is 28.8 Å². The van der Waals surface area contributed by atoms with E-state index in [1.165, 1.54) is 12.1 Å². The van der Waals surface area contributed by atoms with Crippen molar-refractivity contribution in [3.8, 4) is 0 Å². The molecule has 0 saturated carbocycles. The molecule has 0 spiro atoms. The Morgan fingerprint density at radius 2 is 1.50 bits per heavy atom. The lowest BCUT2D eigenvalue weighted by Crippen LogP contribution is -2.51. The second-order valence-corrected chi connectivity index (χ2v) is 8.35. The van der Waals surface area contributed by atoms with E-state index in [0.717, 1.165) is 5.69 Å². The Kier molecular flexibility index (Phi) is 5.62. The summed E-state index contributed by atoms with van der Waals surface area (Å²) in [6.07, 6.45) is 0. The molecular formula is C19H20ClN3O4S. The number of fused-ring (bicyclic) bond motifs is 1. The van der Waals surface area contributed by atoms with Crippen molar-refractivity contribution in [2.24, 2.45) is 0 Å². The predicted molar refractivity (Wildman–Crippen MR) is 107 cm³/mol. The Labute approximate surface area is 170 Å². The molecule has 7 nitrogen and oxygen atoms in total.